The Morgan fingerprint density at radius 3 is 2.47 bits per heavy atom. The number of aldehydes is 1. The lowest BCUT2D eigenvalue weighted by Crippen LogP contribution is -2.24. The minimum absolute atomic E-state index is 0.139. The average molecular weight is 796 g/mol. The highest BCUT2D eigenvalue weighted by atomic mass is 35.5. The number of aliphatic hydroxyl groups is 1. The molecule has 1 fully saturated rings. The molecule has 2 aromatic carbocycles. The van der Waals surface area contributed by atoms with Crippen molar-refractivity contribution in [3.63, 3.8) is 0 Å². The van der Waals surface area contributed by atoms with Crippen LogP contribution in [0.4, 0.5) is 17.6 Å². The number of Topliss-reactive ketones (excluding diaryl/α,β-unsaturated/α-hetero) is 1. The molecule has 1 saturated carbocycles. The number of aryl methyl sites for hydroxylation is 1. The first-order valence-electron chi connectivity index (χ1n) is 17.2. The minimum atomic E-state index is -3.54. The van der Waals surface area contributed by atoms with Gasteiger partial charge in [0.05, 0.1) is 27.7 Å². The van der Waals surface area contributed by atoms with Crippen LogP contribution in [0.5, 0.6) is 0 Å². The molecule has 0 aliphatic heterocycles. The van der Waals surface area contributed by atoms with Crippen LogP contribution in [0, 0.1) is 29.4 Å². The number of rotatable bonds is 11. The highest BCUT2D eigenvalue weighted by Crippen LogP contribution is 2.67. The lowest BCUT2D eigenvalue weighted by molar-refractivity contribution is -0.120. The highest BCUT2D eigenvalue weighted by Gasteiger charge is 2.66. The quantitative estimate of drug-likeness (QED) is 0.0917. The van der Waals surface area contributed by atoms with E-state index in [4.69, 9.17) is 16.6 Å². The van der Waals surface area contributed by atoms with Crippen LogP contribution >= 0.6 is 11.6 Å². The summed E-state index contributed by atoms with van der Waals surface area (Å²) < 4.78 is 86.9. The third-order valence-corrected chi connectivity index (χ3v) is 10.9. The van der Waals surface area contributed by atoms with Crippen molar-refractivity contribution in [2.24, 2.45) is 13.0 Å². The molecule has 1 N–H and O–H groups in total. The maximum absolute atomic E-state index is 15.4. The maximum Gasteiger partial charge on any atom is 0.293 e. The molecule has 0 unspecified atom stereocenters. The van der Waals surface area contributed by atoms with Crippen LogP contribution in [-0.4, -0.2) is 62.0 Å². The third-order valence-electron chi connectivity index (χ3n) is 9.78. The van der Waals surface area contributed by atoms with Gasteiger partial charge in [0, 0.05) is 59.7 Å². The molecule has 10 nitrogen and oxygen atoms in total. The molecular weight excluding hydrogens is 762 g/mol. The molecule has 3 heterocycles. The molecule has 16 heteroatoms. The number of benzene rings is 2. The van der Waals surface area contributed by atoms with Crippen molar-refractivity contribution < 1.29 is 40.7 Å². The normalized spacial score (nSPS) is 17.7. The number of fused-ring (bicyclic) bond motifs is 4. The number of aromatic nitrogens is 5. The molecule has 0 radical (unpaired) electrons. The van der Waals surface area contributed by atoms with E-state index in [9.17, 15) is 31.9 Å². The van der Waals surface area contributed by atoms with E-state index in [2.05, 4.69) is 22.0 Å². The summed E-state index contributed by atoms with van der Waals surface area (Å²) in [5.74, 6) is -2.91. The number of alkyl halides is 2. The summed E-state index contributed by atoms with van der Waals surface area (Å²) in [4.78, 5) is 30.7. The van der Waals surface area contributed by atoms with Gasteiger partial charge in [-0.3, -0.25) is 19.0 Å². The second kappa shape index (κ2) is 13.7. The average Bonchev–Trinajstić information content (AvgIpc) is 3.62. The molecule has 2 aliphatic rings. The van der Waals surface area contributed by atoms with Crippen molar-refractivity contribution in [2.75, 3.05) is 6.26 Å². The highest BCUT2D eigenvalue weighted by molar-refractivity contribution is 7.89. The second-order valence-electron chi connectivity index (χ2n) is 14.8. The Bertz CT molecular complexity index is 2580. The smallest absolute Gasteiger partial charge is 0.293 e. The lowest BCUT2D eigenvalue weighted by Gasteiger charge is -2.22. The minimum Gasteiger partial charge on any atom is -0.378 e. The van der Waals surface area contributed by atoms with Crippen LogP contribution in [0.3, 0.4) is 0 Å². The molecular formula is C39H34ClF4N5O5S. The van der Waals surface area contributed by atoms with Crippen LogP contribution < -0.4 is 0 Å². The molecule has 5 aromatic rings. The van der Waals surface area contributed by atoms with E-state index in [-0.39, 0.29) is 58.2 Å². The zero-order valence-corrected chi connectivity index (χ0v) is 31.6. The molecule has 55 heavy (non-hydrogen) atoms. The van der Waals surface area contributed by atoms with Crippen molar-refractivity contribution in [3.05, 3.63) is 98.7 Å². The van der Waals surface area contributed by atoms with Crippen molar-refractivity contribution in [1.82, 2.24) is 24.5 Å². The van der Waals surface area contributed by atoms with Gasteiger partial charge in [-0.15, -0.1) is 0 Å². The van der Waals surface area contributed by atoms with Crippen molar-refractivity contribution in [2.45, 2.75) is 68.8 Å². The van der Waals surface area contributed by atoms with Gasteiger partial charge < -0.3 is 5.11 Å². The first kappa shape index (κ1) is 38.4. The number of hydrogen-bond donors (Lipinski definition) is 1. The number of halogens is 5. The Morgan fingerprint density at radius 2 is 1.82 bits per heavy atom. The number of pyridine rings is 1. The van der Waals surface area contributed by atoms with Crippen molar-refractivity contribution >= 4 is 44.4 Å². The molecule has 3 atom stereocenters. The van der Waals surface area contributed by atoms with Crippen LogP contribution in [0.1, 0.15) is 82.9 Å². The van der Waals surface area contributed by atoms with Gasteiger partial charge in [0.15, 0.2) is 21.9 Å². The fourth-order valence-electron chi connectivity index (χ4n) is 7.61. The summed E-state index contributed by atoms with van der Waals surface area (Å²) in [6.45, 7) is 2.34. The predicted octanol–water partition coefficient (Wildman–Crippen LogP) is 6.44. The summed E-state index contributed by atoms with van der Waals surface area (Å²) in [5.41, 5.74) is 0.238. The van der Waals surface area contributed by atoms with Gasteiger partial charge >= 0.3 is 0 Å². The van der Waals surface area contributed by atoms with E-state index < -0.39 is 74.5 Å². The van der Waals surface area contributed by atoms with Crippen LogP contribution in [0.2, 0.25) is 5.02 Å². The standard InChI is InChI=1S/C39H34ClF4N5O5S/c1-38(2,52)10-9-24-5-6-26(27-7-8-30(40)34-32(19-55(4,53)54)46-48(3)36(27)34)35(45-24)21(11-20-12-22(41)15-23(42)13-20)14-25(51)17-49-37-33(31(18-50)47-49)28-16-29(28)39(37,43)44/h5-8,12-13,15,18,21,28-29,52H,11,14,16-17,19H2,1-4H3/t21-,28+,29-/m1/s1. The topological polar surface area (TPSA) is 137 Å². The van der Waals surface area contributed by atoms with Crippen LogP contribution in [-0.2, 0) is 46.3 Å². The first-order chi connectivity index (χ1) is 25.7. The lowest BCUT2D eigenvalue weighted by atomic mass is 9.86. The SMILES string of the molecule is Cn1nc(CS(C)(=O)=O)c2c(Cl)ccc(-c3ccc(C#CC(C)(C)O)nc3[C@@H](CC(=O)Cn3nc(C=O)c4c3C(F)(F)[C@@H]3C[C@H]43)Cc3cc(F)cc(F)c3)c21. The van der Waals surface area contributed by atoms with E-state index in [1.165, 1.54) is 18.5 Å². The van der Waals surface area contributed by atoms with Crippen molar-refractivity contribution in [1.29, 1.82) is 0 Å². The molecule has 0 bridgehead atoms. The zero-order chi connectivity index (χ0) is 39.8. The molecule has 7 rings (SSSR count). The second-order valence-corrected chi connectivity index (χ2v) is 17.4. The van der Waals surface area contributed by atoms with Gasteiger partial charge in [-0.05, 0) is 74.4 Å². The zero-order valence-electron chi connectivity index (χ0n) is 30.0. The first-order valence-corrected chi connectivity index (χ1v) is 19.7. The number of carbonyl (C=O) groups is 2. The monoisotopic (exact) mass is 795 g/mol. The van der Waals surface area contributed by atoms with E-state index in [0.717, 1.165) is 23.1 Å². The van der Waals surface area contributed by atoms with Gasteiger partial charge in [-0.2, -0.15) is 19.0 Å². The predicted molar refractivity (Wildman–Crippen MR) is 195 cm³/mol. The van der Waals surface area contributed by atoms with Gasteiger partial charge in [0.1, 0.15) is 40.9 Å². The third kappa shape index (κ3) is 7.55. The summed E-state index contributed by atoms with van der Waals surface area (Å²) in [5, 5.41) is 19.5. The molecule has 0 saturated heterocycles. The molecule has 2 aliphatic carbocycles. The van der Waals surface area contributed by atoms with Gasteiger partial charge in [0.2, 0.25) is 0 Å². The van der Waals surface area contributed by atoms with E-state index in [1.54, 1.807) is 31.3 Å². The Labute approximate surface area is 318 Å². The van der Waals surface area contributed by atoms with E-state index >= 15 is 8.78 Å². The fraction of sp³-hybridized carbons (Fsp3) is 0.359. The number of ketones is 1. The van der Waals surface area contributed by atoms with Gasteiger partial charge in [0.25, 0.3) is 5.92 Å². The fourth-order valence-corrected chi connectivity index (χ4v) is 8.57. The van der Waals surface area contributed by atoms with Crippen LogP contribution in [0.15, 0.2) is 42.5 Å². The van der Waals surface area contributed by atoms with E-state index in [0.29, 0.717) is 34.4 Å². The van der Waals surface area contributed by atoms with Gasteiger partial charge in [-0.1, -0.05) is 23.6 Å². The van der Waals surface area contributed by atoms with E-state index in [1.807, 2.05) is 0 Å². The number of carbonyl (C=O) groups excluding carboxylic acids is 2. The van der Waals surface area contributed by atoms with Crippen LogP contribution in [0.25, 0.3) is 22.0 Å². The maximum atomic E-state index is 15.4. The molecule has 3 aromatic heterocycles. The summed E-state index contributed by atoms with van der Waals surface area (Å²) in [6, 6.07) is 9.40. The largest absolute Gasteiger partial charge is 0.378 e. The molecule has 0 spiro atoms. The Morgan fingerprint density at radius 1 is 1.13 bits per heavy atom. The van der Waals surface area contributed by atoms with Crippen molar-refractivity contribution in [3.8, 4) is 23.0 Å². The summed E-state index contributed by atoms with van der Waals surface area (Å²) in [6.07, 6.45) is 1.16. The molecule has 286 valence electrons. The number of hydrogen-bond acceptors (Lipinski definition) is 8. The Kier molecular flexibility index (Phi) is 9.54. The summed E-state index contributed by atoms with van der Waals surface area (Å²) in [7, 11) is -1.94. The number of sulfone groups is 1. The Hall–Kier alpha value is -4.91. The summed E-state index contributed by atoms with van der Waals surface area (Å²) >= 11 is 6.64. The number of nitrogens with zero attached hydrogens (tertiary/aromatic N) is 5. The van der Waals surface area contributed by atoms with Gasteiger partial charge in [-0.25, -0.2) is 22.2 Å². The molecule has 0 amide bonds. The Balaban J connectivity index is 1.39.